The maximum Gasteiger partial charge on any atom is 0.262 e. The largest absolute Gasteiger partial charge is 0.508 e. The number of fused-ring (bicyclic) bond motifs is 1. The van der Waals surface area contributed by atoms with E-state index in [0.717, 1.165) is 17.7 Å². The number of ether oxygens (including phenoxy) is 2. The van der Waals surface area contributed by atoms with Crippen LogP contribution in [0.1, 0.15) is 31.9 Å². The normalized spacial score (nSPS) is 14.2. The van der Waals surface area contributed by atoms with Crippen molar-refractivity contribution in [3.8, 4) is 28.6 Å². The van der Waals surface area contributed by atoms with Gasteiger partial charge in [0.15, 0.2) is 12.4 Å². The molecule has 4 N–H and O–H groups in total. The molecule has 3 aromatic rings. The van der Waals surface area contributed by atoms with E-state index in [1.165, 1.54) is 12.1 Å². The zero-order valence-corrected chi connectivity index (χ0v) is 19.4. The van der Waals surface area contributed by atoms with Gasteiger partial charge in [0.1, 0.15) is 23.6 Å². The van der Waals surface area contributed by atoms with Gasteiger partial charge in [-0.1, -0.05) is 0 Å². The van der Waals surface area contributed by atoms with Gasteiger partial charge in [-0.3, -0.25) is 9.48 Å². The predicted octanol–water partition coefficient (Wildman–Crippen LogP) is 2.48. The Labute approximate surface area is 197 Å². The van der Waals surface area contributed by atoms with Crippen LogP contribution >= 0.6 is 0 Å². The first-order chi connectivity index (χ1) is 16.2. The molecule has 180 valence electrons. The van der Waals surface area contributed by atoms with Crippen molar-refractivity contribution in [2.75, 3.05) is 25.6 Å². The Bertz CT molecular complexity index is 1160. The van der Waals surface area contributed by atoms with Crippen LogP contribution in [0.15, 0.2) is 42.7 Å². The summed E-state index contributed by atoms with van der Waals surface area (Å²) >= 11 is 0. The summed E-state index contributed by atoms with van der Waals surface area (Å²) < 4.78 is 12.5. The van der Waals surface area contributed by atoms with Crippen LogP contribution < -0.4 is 20.1 Å². The van der Waals surface area contributed by atoms with Gasteiger partial charge in [0.25, 0.3) is 5.91 Å². The molecular weight excluding hydrogens is 438 g/mol. The number of benzene rings is 2. The number of β-amino-alcohol motifs (C(OH)–C–C–N with tert-alkyl or cyclic N) is 1. The summed E-state index contributed by atoms with van der Waals surface area (Å²) in [5, 5.41) is 31.3. The highest BCUT2D eigenvalue weighted by molar-refractivity contribution is 5.96. The molecular formula is C24H29N5O5. The maximum absolute atomic E-state index is 11.6. The second-order valence-corrected chi connectivity index (χ2v) is 8.84. The number of aryl methyl sites for hydroxylation is 1. The number of aromatic nitrogens is 3. The number of carbonyl (C=O) groups is 1. The van der Waals surface area contributed by atoms with Gasteiger partial charge in [-0.05, 0) is 50.6 Å². The lowest BCUT2D eigenvalue weighted by Gasteiger charge is -2.29. The third-order valence-corrected chi connectivity index (χ3v) is 5.71. The number of hydrogen-bond donors (Lipinski definition) is 4. The fourth-order valence-corrected chi connectivity index (χ4v) is 3.70. The number of nitrogens with one attached hydrogen (secondary N) is 2. The quantitative estimate of drug-likeness (QED) is 0.378. The minimum atomic E-state index is -0.942. The SMILES string of the molecule is COc1ccc(-c2ncn(CCC(C)(C)NCC(O)c3cc(O)cc4c3OCC(=O)N4)n2)cc1. The first kappa shape index (κ1) is 23.5. The molecule has 0 fully saturated rings. The Morgan fingerprint density at radius 2 is 2.06 bits per heavy atom. The number of anilines is 1. The number of phenolic OH excluding ortho intramolecular Hbond substituents is 1. The van der Waals surface area contributed by atoms with Crippen molar-refractivity contribution >= 4 is 11.6 Å². The zero-order valence-electron chi connectivity index (χ0n) is 19.4. The highest BCUT2D eigenvalue weighted by Gasteiger charge is 2.26. The lowest BCUT2D eigenvalue weighted by molar-refractivity contribution is -0.118. The van der Waals surface area contributed by atoms with Crippen molar-refractivity contribution in [2.45, 2.75) is 38.5 Å². The molecule has 0 bridgehead atoms. The molecule has 10 heteroatoms. The van der Waals surface area contributed by atoms with Crippen LogP contribution in [0.5, 0.6) is 17.2 Å². The number of aromatic hydroxyl groups is 1. The summed E-state index contributed by atoms with van der Waals surface area (Å²) in [5.41, 5.74) is 1.36. The predicted molar refractivity (Wildman–Crippen MR) is 126 cm³/mol. The molecule has 2 aromatic carbocycles. The van der Waals surface area contributed by atoms with E-state index < -0.39 is 6.10 Å². The van der Waals surface area contributed by atoms with Gasteiger partial charge in [0, 0.05) is 35.8 Å². The minimum Gasteiger partial charge on any atom is -0.508 e. The summed E-state index contributed by atoms with van der Waals surface area (Å²) in [6, 6.07) is 10.4. The van der Waals surface area contributed by atoms with Gasteiger partial charge in [0.2, 0.25) is 0 Å². The number of carbonyl (C=O) groups excluding carboxylic acids is 1. The van der Waals surface area contributed by atoms with Crippen molar-refractivity contribution in [2.24, 2.45) is 0 Å². The van der Waals surface area contributed by atoms with Crippen LogP contribution in [-0.2, 0) is 11.3 Å². The van der Waals surface area contributed by atoms with Crippen LogP contribution in [0, 0.1) is 0 Å². The molecule has 4 rings (SSSR count). The monoisotopic (exact) mass is 467 g/mol. The number of aliphatic hydroxyl groups excluding tert-OH is 1. The smallest absolute Gasteiger partial charge is 0.262 e. The van der Waals surface area contributed by atoms with Crippen LogP contribution in [0.25, 0.3) is 11.4 Å². The van der Waals surface area contributed by atoms with Crippen molar-refractivity contribution in [1.82, 2.24) is 20.1 Å². The molecule has 1 unspecified atom stereocenters. The molecule has 34 heavy (non-hydrogen) atoms. The number of aliphatic hydroxyl groups is 1. The van der Waals surface area contributed by atoms with E-state index >= 15 is 0 Å². The third-order valence-electron chi connectivity index (χ3n) is 5.71. The first-order valence-corrected chi connectivity index (χ1v) is 11.0. The molecule has 0 saturated heterocycles. The van der Waals surface area contributed by atoms with Gasteiger partial charge < -0.3 is 30.3 Å². The van der Waals surface area contributed by atoms with Crippen LogP contribution in [0.4, 0.5) is 5.69 Å². The molecule has 1 aliphatic heterocycles. The topological polar surface area (TPSA) is 131 Å². The molecule has 1 aromatic heterocycles. The molecule has 0 spiro atoms. The number of amides is 1. The number of nitrogens with zero attached hydrogens (tertiary/aromatic N) is 3. The second kappa shape index (κ2) is 9.70. The van der Waals surface area contributed by atoms with E-state index in [4.69, 9.17) is 9.47 Å². The van der Waals surface area contributed by atoms with E-state index in [-0.39, 0.29) is 30.3 Å². The van der Waals surface area contributed by atoms with Gasteiger partial charge in [-0.15, -0.1) is 0 Å². The van der Waals surface area contributed by atoms with Crippen LogP contribution in [-0.4, -0.2) is 56.7 Å². The van der Waals surface area contributed by atoms with Gasteiger partial charge >= 0.3 is 0 Å². The van der Waals surface area contributed by atoms with Gasteiger partial charge in [-0.2, -0.15) is 5.10 Å². The van der Waals surface area contributed by atoms with E-state index in [1.54, 1.807) is 18.1 Å². The molecule has 0 radical (unpaired) electrons. The van der Waals surface area contributed by atoms with Crippen molar-refractivity contribution in [3.05, 3.63) is 48.3 Å². The highest BCUT2D eigenvalue weighted by Crippen LogP contribution is 2.38. The van der Waals surface area contributed by atoms with Crippen LogP contribution in [0.2, 0.25) is 0 Å². The summed E-state index contributed by atoms with van der Waals surface area (Å²) in [6.45, 7) is 4.81. The van der Waals surface area contributed by atoms with E-state index in [9.17, 15) is 15.0 Å². The van der Waals surface area contributed by atoms with Gasteiger partial charge in [0.05, 0.1) is 18.9 Å². The minimum absolute atomic E-state index is 0.0586. The lowest BCUT2D eigenvalue weighted by atomic mass is 9.99. The Morgan fingerprint density at radius 1 is 1.29 bits per heavy atom. The molecule has 2 heterocycles. The number of rotatable bonds is 9. The molecule has 1 aliphatic rings. The number of hydrogen-bond acceptors (Lipinski definition) is 8. The number of methoxy groups -OCH3 is 1. The fraction of sp³-hybridized carbons (Fsp3) is 0.375. The van der Waals surface area contributed by atoms with E-state index in [1.807, 2.05) is 38.1 Å². The summed E-state index contributed by atoms with van der Waals surface area (Å²) in [6.07, 6.45) is 1.49. The van der Waals surface area contributed by atoms with Crippen molar-refractivity contribution in [1.29, 1.82) is 0 Å². The Kier molecular flexibility index (Phi) is 6.71. The fourth-order valence-electron chi connectivity index (χ4n) is 3.70. The summed E-state index contributed by atoms with van der Waals surface area (Å²) in [5.74, 6) is 1.43. The lowest BCUT2D eigenvalue weighted by Crippen LogP contribution is -2.42. The molecule has 0 aliphatic carbocycles. The Hall–Kier alpha value is -3.63. The average molecular weight is 468 g/mol. The van der Waals surface area contributed by atoms with E-state index in [0.29, 0.717) is 29.4 Å². The highest BCUT2D eigenvalue weighted by atomic mass is 16.5. The van der Waals surface area contributed by atoms with E-state index in [2.05, 4.69) is 20.7 Å². The summed E-state index contributed by atoms with van der Waals surface area (Å²) in [4.78, 5) is 16.0. The maximum atomic E-state index is 11.6. The zero-order chi connectivity index (χ0) is 24.3. The molecule has 1 amide bonds. The third kappa shape index (κ3) is 5.46. The molecule has 0 saturated carbocycles. The second-order valence-electron chi connectivity index (χ2n) is 8.84. The van der Waals surface area contributed by atoms with Gasteiger partial charge in [-0.25, -0.2) is 4.98 Å². The average Bonchev–Trinajstić information content (AvgIpc) is 3.30. The Morgan fingerprint density at radius 3 is 2.79 bits per heavy atom. The van der Waals surface area contributed by atoms with Crippen molar-refractivity contribution in [3.63, 3.8) is 0 Å². The summed E-state index contributed by atoms with van der Waals surface area (Å²) in [7, 11) is 1.63. The van der Waals surface area contributed by atoms with Crippen LogP contribution in [0.3, 0.4) is 0 Å². The molecule has 10 nitrogen and oxygen atoms in total. The van der Waals surface area contributed by atoms with Crippen molar-refractivity contribution < 1.29 is 24.5 Å². The standard InChI is InChI=1S/C24H29N5O5/c1-24(2,8-9-29-14-25-23(28-29)15-4-6-17(33-3)7-5-15)26-12-20(31)18-10-16(30)11-19-22(18)34-13-21(32)27-19/h4-7,10-11,14,20,26,30-31H,8-9,12-13H2,1-3H3,(H,27,32). The first-order valence-electron chi connectivity index (χ1n) is 11.0. The molecule has 1 atom stereocenters. The Balaban J connectivity index is 1.34. The number of phenols is 1.